The quantitative estimate of drug-likeness (QED) is 0.872. The summed E-state index contributed by atoms with van der Waals surface area (Å²) in [7, 11) is 0. The maximum atomic E-state index is 12.5. The average Bonchev–Trinajstić information content (AvgIpc) is 3.05. The molecule has 1 atom stereocenters. The van der Waals surface area contributed by atoms with Gasteiger partial charge in [-0.1, -0.05) is 57.0 Å². The van der Waals surface area contributed by atoms with Gasteiger partial charge in [0.25, 0.3) is 0 Å². The van der Waals surface area contributed by atoms with Crippen LogP contribution in [0.15, 0.2) is 30.3 Å². The van der Waals surface area contributed by atoms with Crippen LogP contribution in [0.1, 0.15) is 45.1 Å². The fourth-order valence-corrected chi connectivity index (χ4v) is 2.69. The maximum Gasteiger partial charge on any atom is 0.408 e. The highest BCUT2D eigenvalue weighted by Gasteiger charge is 2.32. The van der Waals surface area contributed by atoms with E-state index in [-0.39, 0.29) is 18.3 Å². The first-order valence-corrected chi connectivity index (χ1v) is 7.94. The molecule has 0 heterocycles. The number of carbonyl (C=O) groups is 2. The third-order valence-corrected chi connectivity index (χ3v) is 3.99. The van der Waals surface area contributed by atoms with Gasteiger partial charge in [-0.15, -0.1) is 0 Å². The van der Waals surface area contributed by atoms with Crippen molar-refractivity contribution in [2.45, 2.75) is 52.2 Å². The Morgan fingerprint density at radius 3 is 2.36 bits per heavy atom. The van der Waals surface area contributed by atoms with Gasteiger partial charge in [0, 0.05) is 5.92 Å². The van der Waals surface area contributed by atoms with E-state index in [4.69, 9.17) is 4.74 Å². The Labute approximate surface area is 132 Å². The molecule has 1 aliphatic rings. The van der Waals surface area contributed by atoms with Gasteiger partial charge in [-0.05, 0) is 24.3 Å². The zero-order chi connectivity index (χ0) is 15.9. The van der Waals surface area contributed by atoms with Crippen LogP contribution < -0.4 is 5.32 Å². The van der Waals surface area contributed by atoms with E-state index in [0.29, 0.717) is 0 Å². The minimum atomic E-state index is -0.533. The van der Waals surface area contributed by atoms with Crippen LogP contribution in [0.5, 0.6) is 0 Å². The number of ether oxygens (including phenoxy) is 1. The maximum absolute atomic E-state index is 12.5. The molecule has 1 aromatic rings. The number of Topliss-reactive ketones (excluding diaryl/α,β-unsaturated/α-hetero) is 1. The molecule has 1 saturated carbocycles. The van der Waals surface area contributed by atoms with Crippen LogP contribution in [0.25, 0.3) is 0 Å². The lowest BCUT2D eigenvalue weighted by molar-refractivity contribution is -0.120. The molecule has 1 radical (unpaired) electrons. The number of hydrogen-bond acceptors (Lipinski definition) is 3. The van der Waals surface area contributed by atoms with E-state index in [1.807, 2.05) is 44.2 Å². The van der Waals surface area contributed by atoms with Crippen molar-refractivity contribution in [1.82, 2.24) is 5.32 Å². The molecule has 119 valence electrons. The molecule has 1 aromatic carbocycles. The zero-order valence-corrected chi connectivity index (χ0v) is 13.3. The summed E-state index contributed by atoms with van der Waals surface area (Å²) in [6.07, 6.45) is 3.34. The summed E-state index contributed by atoms with van der Waals surface area (Å²) in [4.78, 5) is 24.4. The van der Waals surface area contributed by atoms with E-state index in [0.717, 1.165) is 37.2 Å². The van der Waals surface area contributed by atoms with E-state index < -0.39 is 12.1 Å². The number of carbonyl (C=O) groups excluding carboxylic acids is 2. The summed E-state index contributed by atoms with van der Waals surface area (Å²) in [5.41, 5.74) is 0.926. The Hall–Kier alpha value is -1.84. The number of alkyl carbamates (subject to hydrolysis) is 1. The lowest BCUT2D eigenvalue weighted by Crippen LogP contribution is -2.46. The molecular weight excluding hydrogens is 278 g/mol. The summed E-state index contributed by atoms with van der Waals surface area (Å²) in [6, 6.07) is 9.01. The number of rotatable bonds is 6. The van der Waals surface area contributed by atoms with Crippen LogP contribution >= 0.6 is 0 Å². The molecule has 1 aliphatic carbocycles. The predicted molar refractivity (Wildman–Crippen MR) is 85.1 cm³/mol. The van der Waals surface area contributed by atoms with Crippen LogP contribution in [0.4, 0.5) is 4.79 Å². The van der Waals surface area contributed by atoms with E-state index in [2.05, 4.69) is 5.32 Å². The summed E-state index contributed by atoms with van der Waals surface area (Å²) < 4.78 is 5.21. The average molecular weight is 302 g/mol. The van der Waals surface area contributed by atoms with Crippen LogP contribution in [0, 0.1) is 11.8 Å². The van der Waals surface area contributed by atoms with Crippen LogP contribution in [-0.4, -0.2) is 17.9 Å². The molecule has 0 spiro atoms. The summed E-state index contributed by atoms with van der Waals surface area (Å²) in [5, 5.41) is 2.73. The molecular formula is C18H24NO3. The lowest BCUT2D eigenvalue weighted by atomic mass is 9.90. The molecule has 4 nitrogen and oxygen atoms in total. The Bertz CT molecular complexity index is 492. The second-order valence-corrected chi connectivity index (χ2v) is 6.10. The number of ketones is 1. The first kappa shape index (κ1) is 16.5. The van der Waals surface area contributed by atoms with Crippen molar-refractivity contribution in [1.29, 1.82) is 0 Å². The highest BCUT2D eigenvalue weighted by atomic mass is 16.5. The van der Waals surface area contributed by atoms with Gasteiger partial charge in [0.2, 0.25) is 0 Å². The monoisotopic (exact) mass is 302 g/mol. The van der Waals surface area contributed by atoms with E-state index >= 15 is 0 Å². The first-order chi connectivity index (χ1) is 10.6. The standard InChI is InChI=1S/C18H24NO3/c1-13(2)16(17(20)15-10-6-7-11-15)19-18(21)22-12-14-8-4-3-5-9-14/h3-5,8-9,13,16H,6-7,10-12H2,1-2H3,(H,19,21)/t16-/m0/s1. The third-order valence-electron chi connectivity index (χ3n) is 3.99. The van der Waals surface area contributed by atoms with E-state index in [9.17, 15) is 9.59 Å². The minimum Gasteiger partial charge on any atom is -0.445 e. The van der Waals surface area contributed by atoms with Crippen molar-refractivity contribution >= 4 is 11.9 Å². The van der Waals surface area contributed by atoms with E-state index in [1.165, 1.54) is 0 Å². The SMILES string of the molecule is CC(C)[C@H](NC(=O)OCc1ccccc1)C(=O)[C]1CCCC1. The fraction of sp³-hybridized carbons (Fsp3) is 0.500. The molecule has 4 heteroatoms. The number of benzene rings is 1. The second-order valence-electron chi connectivity index (χ2n) is 6.10. The molecule has 22 heavy (non-hydrogen) atoms. The van der Waals surface area contributed by atoms with Crippen molar-refractivity contribution in [2.24, 2.45) is 5.92 Å². The molecule has 0 bridgehead atoms. The lowest BCUT2D eigenvalue weighted by Gasteiger charge is -2.23. The van der Waals surface area contributed by atoms with Gasteiger partial charge >= 0.3 is 6.09 Å². The van der Waals surface area contributed by atoms with Crippen LogP contribution in [-0.2, 0) is 16.1 Å². The molecule has 2 rings (SSSR count). The van der Waals surface area contributed by atoms with Crippen molar-refractivity contribution in [3.8, 4) is 0 Å². The topological polar surface area (TPSA) is 55.4 Å². The summed E-state index contributed by atoms with van der Waals surface area (Å²) in [5.74, 6) is 1.08. The second kappa shape index (κ2) is 7.97. The van der Waals surface area contributed by atoms with Crippen molar-refractivity contribution < 1.29 is 14.3 Å². The van der Waals surface area contributed by atoms with Gasteiger partial charge < -0.3 is 10.1 Å². The molecule has 1 fully saturated rings. The number of nitrogens with one attached hydrogen (secondary N) is 1. The number of hydrogen-bond donors (Lipinski definition) is 1. The summed E-state index contributed by atoms with van der Waals surface area (Å²) in [6.45, 7) is 4.09. The van der Waals surface area contributed by atoms with Gasteiger partial charge in [0.1, 0.15) is 6.61 Å². The van der Waals surface area contributed by atoms with Gasteiger partial charge in [-0.25, -0.2) is 4.79 Å². The smallest absolute Gasteiger partial charge is 0.408 e. The number of amides is 1. The molecule has 1 amide bonds. The zero-order valence-electron chi connectivity index (χ0n) is 13.3. The Kier molecular flexibility index (Phi) is 5.99. The normalized spacial score (nSPS) is 16.5. The highest BCUT2D eigenvalue weighted by molar-refractivity contribution is 5.98. The van der Waals surface area contributed by atoms with Gasteiger partial charge in [-0.2, -0.15) is 0 Å². The summed E-state index contributed by atoms with van der Waals surface area (Å²) >= 11 is 0. The van der Waals surface area contributed by atoms with Gasteiger partial charge in [-0.3, -0.25) is 4.79 Å². The highest BCUT2D eigenvalue weighted by Crippen LogP contribution is 2.29. The van der Waals surface area contributed by atoms with Crippen LogP contribution in [0.2, 0.25) is 0 Å². The molecule has 0 aromatic heterocycles. The molecule has 1 N–H and O–H groups in total. The Balaban J connectivity index is 1.87. The van der Waals surface area contributed by atoms with Crippen LogP contribution in [0.3, 0.4) is 0 Å². The largest absolute Gasteiger partial charge is 0.445 e. The minimum absolute atomic E-state index is 0.0462. The van der Waals surface area contributed by atoms with Crippen molar-refractivity contribution in [3.63, 3.8) is 0 Å². The third kappa shape index (κ3) is 4.58. The van der Waals surface area contributed by atoms with E-state index in [1.54, 1.807) is 0 Å². The molecule has 0 saturated heterocycles. The van der Waals surface area contributed by atoms with Gasteiger partial charge in [0.15, 0.2) is 5.78 Å². The van der Waals surface area contributed by atoms with Gasteiger partial charge in [0.05, 0.1) is 6.04 Å². The van der Waals surface area contributed by atoms with Crippen molar-refractivity contribution in [2.75, 3.05) is 0 Å². The fourth-order valence-electron chi connectivity index (χ4n) is 2.69. The first-order valence-electron chi connectivity index (χ1n) is 7.94. The van der Waals surface area contributed by atoms with Crippen molar-refractivity contribution in [3.05, 3.63) is 41.8 Å². The molecule has 0 unspecified atom stereocenters. The molecule has 0 aliphatic heterocycles. The predicted octanol–water partition coefficient (Wildman–Crippen LogP) is 3.65. The Morgan fingerprint density at radius 2 is 1.77 bits per heavy atom. The Morgan fingerprint density at radius 1 is 1.14 bits per heavy atom.